The van der Waals surface area contributed by atoms with Crippen molar-refractivity contribution in [2.24, 2.45) is 10.7 Å². The van der Waals surface area contributed by atoms with Crippen LogP contribution in [-0.4, -0.2) is 111 Å². The number of phenolic OH excluding ortho intramolecular Hbond substituents is 1. The number of aliphatic imine (C=N–C) groups is 1. The van der Waals surface area contributed by atoms with E-state index in [1.165, 1.54) is 23.1 Å². The van der Waals surface area contributed by atoms with Crippen LogP contribution in [0.2, 0.25) is 0 Å². The number of anilines is 1. The van der Waals surface area contributed by atoms with Crippen LogP contribution in [0.4, 0.5) is 19.0 Å². The number of pyridine rings is 1. The molecule has 2 unspecified atom stereocenters. The number of ether oxygens (including phenoxy) is 1. The summed E-state index contributed by atoms with van der Waals surface area (Å²) in [6.07, 6.45) is 5.36. The van der Waals surface area contributed by atoms with Crippen molar-refractivity contribution in [2.45, 2.75) is 57.7 Å². The summed E-state index contributed by atoms with van der Waals surface area (Å²) in [4.78, 5) is 33.1. The standard InChI is InChI=1S/C40H44F3N9O3/c1-5-25-28(42)9-8-26-32(25)27(17-31(53)34(26)43)36-22(2)35-33(30-10-13-46-52(30)36)37(50-14-7-12-45-24(20-50)16-29(44)38(54)49(3)4)48-39(47-35)55-21-40-11-6-15-51(40)19-23(41)18-40/h8-10,13,16-17,23,53H,5-7,11-12,14-15,18-21,44H2,1-4H3/b29-16-. The van der Waals surface area contributed by atoms with Crippen LogP contribution in [0.3, 0.4) is 0 Å². The summed E-state index contributed by atoms with van der Waals surface area (Å²) in [6, 6.07) is 5.79. The van der Waals surface area contributed by atoms with E-state index < -0.39 is 29.1 Å². The number of hydrogen-bond donors (Lipinski definition) is 2. The van der Waals surface area contributed by atoms with Gasteiger partial charge in [-0.3, -0.25) is 14.7 Å². The van der Waals surface area contributed by atoms with Gasteiger partial charge in [-0.05, 0) is 75.1 Å². The summed E-state index contributed by atoms with van der Waals surface area (Å²) in [7, 11) is 3.26. The molecule has 8 rings (SSSR count). The molecule has 15 heteroatoms. The van der Waals surface area contributed by atoms with Crippen LogP contribution in [-0.2, 0) is 11.2 Å². The Labute approximate surface area is 316 Å². The number of alkyl halides is 1. The smallest absolute Gasteiger partial charge is 0.319 e. The van der Waals surface area contributed by atoms with Gasteiger partial charge in [0.1, 0.15) is 24.4 Å². The second-order valence-corrected chi connectivity index (χ2v) is 15.0. The van der Waals surface area contributed by atoms with Crippen molar-refractivity contribution in [2.75, 3.05) is 58.3 Å². The molecule has 2 fully saturated rings. The Bertz CT molecular complexity index is 2430. The molecule has 5 aromatic rings. The summed E-state index contributed by atoms with van der Waals surface area (Å²) in [5.74, 6) is -1.71. The van der Waals surface area contributed by atoms with Gasteiger partial charge in [0.2, 0.25) is 0 Å². The second kappa shape index (κ2) is 14.0. The highest BCUT2D eigenvalue weighted by Crippen LogP contribution is 2.44. The molecule has 3 aromatic heterocycles. The average Bonchev–Trinajstić information content (AvgIpc) is 3.82. The van der Waals surface area contributed by atoms with Crippen molar-refractivity contribution in [1.29, 1.82) is 0 Å². The Kier molecular flexibility index (Phi) is 9.30. The third-order valence-electron chi connectivity index (χ3n) is 11.3. The number of carbonyl (C=O) groups excluding carboxylic acids is 1. The van der Waals surface area contributed by atoms with Gasteiger partial charge in [-0.25, -0.2) is 17.7 Å². The third kappa shape index (κ3) is 6.18. The highest BCUT2D eigenvalue weighted by atomic mass is 19.1. The third-order valence-corrected chi connectivity index (χ3v) is 11.3. The van der Waals surface area contributed by atoms with Gasteiger partial charge in [0, 0.05) is 62.0 Å². The van der Waals surface area contributed by atoms with Crippen molar-refractivity contribution in [3.05, 3.63) is 65.0 Å². The van der Waals surface area contributed by atoms with Crippen LogP contribution < -0.4 is 15.4 Å². The van der Waals surface area contributed by atoms with E-state index in [0.717, 1.165) is 19.4 Å². The molecule has 0 spiro atoms. The summed E-state index contributed by atoms with van der Waals surface area (Å²) in [5.41, 5.74) is 9.30. The van der Waals surface area contributed by atoms with E-state index >= 15 is 8.78 Å². The van der Waals surface area contributed by atoms with Gasteiger partial charge in [-0.15, -0.1) is 0 Å². The molecular weight excluding hydrogens is 711 g/mol. The first-order valence-corrected chi connectivity index (χ1v) is 18.7. The van der Waals surface area contributed by atoms with Gasteiger partial charge in [0.15, 0.2) is 11.6 Å². The maximum absolute atomic E-state index is 15.5. The number of nitrogens with two attached hydrogens (primary N) is 1. The number of aromatic nitrogens is 4. The number of amides is 1. The lowest BCUT2D eigenvalue weighted by molar-refractivity contribution is -0.124. The van der Waals surface area contributed by atoms with E-state index in [-0.39, 0.29) is 42.6 Å². The molecule has 1 amide bonds. The zero-order chi connectivity index (χ0) is 38.8. The number of rotatable bonds is 8. The molecule has 3 aliphatic heterocycles. The van der Waals surface area contributed by atoms with E-state index in [2.05, 4.69) is 9.80 Å². The largest absolute Gasteiger partial charge is 0.505 e. The summed E-state index contributed by atoms with van der Waals surface area (Å²) in [5, 5.41) is 16.7. The SMILES string of the molecule is CCc1c(F)ccc2c(F)c(O)cc(-c3c(C)c4nc(OCC56CCCN5CC(F)C6)nc(N5CCCN=C(/C=C(\N)C(=O)N(C)C)C5)c4c4ccnn34)c12. The topological polar surface area (TPSA) is 138 Å². The number of halogens is 3. The maximum Gasteiger partial charge on any atom is 0.319 e. The number of aromatic hydroxyl groups is 1. The molecule has 0 bridgehead atoms. The molecule has 3 N–H and O–H groups in total. The predicted octanol–water partition coefficient (Wildman–Crippen LogP) is 5.49. The lowest BCUT2D eigenvalue weighted by Gasteiger charge is -2.31. The summed E-state index contributed by atoms with van der Waals surface area (Å²) in [6.45, 7) is 6.34. The first kappa shape index (κ1) is 36.5. The van der Waals surface area contributed by atoms with Crippen LogP contribution in [0.15, 0.2) is 47.2 Å². The Balaban J connectivity index is 1.35. The van der Waals surface area contributed by atoms with Crippen molar-refractivity contribution < 1.29 is 27.8 Å². The van der Waals surface area contributed by atoms with Gasteiger partial charge >= 0.3 is 6.01 Å². The van der Waals surface area contributed by atoms with Gasteiger partial charge in [0.25, 0.3) is 5.91 Å². The second-order valence-electron chi connectivity index (χ2n) is 15.0. The number of carbonyl (C=O) groups is 1. The zero-order valence-corrected chi connectivity index (χ0v) is 31.4. The van der Waals surface area contributed by atoms with E-state index in [0.29, 0.717) is 88.2 Å². The normalized spacial score (nSPS) is 20.7. The van der Waals surface area contributed by atoms with E-state index in [1.807, 2.05) is 13.0 Å². The molecule has 2 aromatic carbocycles. The molecule has 3 aliphatic rings. The molecule has 0 saturated carbocycles. The van der Waals surface area contributed by atoms with Crippen LogP contribution in [0.1, 0.15) is 43.7 Å². The monoisotopic (exact) mass is 755 g/mol. The van der Waals surface area contributed by atoms with Gasteiger partial charge in [0.05, 0.1) is 51.8 Å². The molecule has 55 heavy (non-hydrogen) atoms. The van der Waals surface area contributed by atoms with Gasteiger partial charge < -0.3 is 25.4 Å². The number of likely N-dealkylation sites (N-methyl/N-ethyl adjacent to an activating group) is 1. The van der Waals surface area contributed by atoms with Crippen molar-refractivity contribution in [1.82, 2.24) is 29.4 Å². The fourth-order valence-electron chi connectivity index (χ4n) is 8.77. The van der Waals surface area contributed by atoms with Crippen molar-refractivity contribution >= 4 is 44.6 Å². The molecule has 0 radical (unpaired) electrons. The number of benzene rings is 2. The quantitative estimate of drug-likeness (QED) is 0.197. The number of fused-ring (bicyclic) bond motifs is 5. The first-order chi connectivity index (χ1) is 26.4. The molecule has 2 atom stereocenters. The van der Waals surface area contributed by atoms with E-state index in [4.69, 9.17) is 30.5 Å². The number of hydrogen-bond acceptors (Lipinski definition) is 10. The zero-order valence-electron chi connectivity index (χ0n) is 31.4. The number of phenols is 1. The Hall–Kier alpha value is -5.44. The molecular formula is C40H44F3N9O3. The van der Waals surface area contributed by atoms with Gasteiger partial charge in [-0.2, -0.15) is 15.1 Å². The molecule has 12 nitrogen and oxygen atoms in total. The minimum Gasteiger partial charge on any atom is -0.505 e. The molecule has 2 saturated heterocycles. The average molecular weight is 756 g/mol. The Morgan fingerprint density at radius 2 is 1.98 bits per heavy atom. The molecule has 288 valence electrons. The van der Waals surface area contributed by atoms with Crippen molar-refractivity contribution in [3.63, 3.8) is 0 Å². The maximum atomic E-state index is 15.5. The van der Waals surface area contributed by atoms with Crippen LogP contribution >= 0.6 is 0 Å². The summed E-state index contributed by atoms with van der Waals surface area (Å²) >= 11 is 0. The first-order valence-electron chi connectivity index (χ1n) is 18.7. The molecule has 6 heterocycles. The minimum absolute atomic E-state index is 0.0570. The Morgan fingerprint density at radius 1 is 1.16 bits per heavy atom. The fraction of sp³-hybridized carbons (Fsp3) is 0.425. The van der Waals surface area contributed by atoms with Crippen LogP contribution in [0.25, 0.3) is 38.4 Å². The fourth-order valence-corrected chi connectivity index (χ4v) is 8.77. The predicted molar refractivity (Wildman–Crippen MR) is 206 cm³/mol. The Morgan fingerprint density at radius 3 is 2.76 bits per heavy atom. The van der Waals surface area contributed by atoms with Crippen molar-refractivity contribution in [3.8, 4) is 23.0 Å². The number of aryl methyl sites for hydroxylation is 2. The van der Waals surface area contributed by atoms with E-state index in [9.17, 15) is 14.3 Å². The lowest BCUT2D eigenvalue weighted by atomic mass is 9.92. The van der Waals surface area contributed by atoms with Crippen LogP contribution in [0.5, 0.6) is 11.8 Å². The van der Waals surface area contributed by atoms with E-state index in [1.54, 1.807) is 37.8 Å². The van der Waals surface area contributed by atoms with Crippen LogP contribution in [0, 0.1) is 18.6 Å². The highest BCUT2D eigenvalue weighted by molar-refractivity contribution is 6.10. The lowest BCUT2D eigenvalue weighted by Crippen LogP contribution is -2.43. The summed E-state index contributed by atoms with van der Waals surface area (Å²) < 4.78 is 53.8. The van der Waals surface area contributed by atoms with Gasteiger partial charge in [-0.1, -0.05) is 6.92 Å². The highest BCUT2D eigenvalue weighted by Gasteiger charge is 2.49. The molecule has 0 aliphatic carbocycles. The minimum atomic E-state index is -0.939. The number of nitrogens with zero attached hydrogens (tertiary/aromatic N) is 8.